The fraction of sp³-hybridized carbons (Fsp3) is 0. The van der Waals surface area contributed by atoms with Crippen molar-refractivity contribution in [1.82, 2.24) is 19.5 Å². The first kappa shape index (κ1) is 12.2. The Kier molecular flexibility index (Phi) is 2.93. The van der Waals surface area contributed by atoms with E-state index in [4.69, 9.17) is 13.7 Å². The second-order valence-corrected chi connectivity index (χ2v) is 8.05. The number of hydrogen-bond acceptors (Lipinski definition) is 3. The molecule has 7 rings (SSSR count). The molecule has 37 heavy (non-hydrogen) atoms. The van der Waals surface area contributed by atoms with Gasteiger partial charge in [-0.3, -0.25) is 4.57 Å². The van der Waals surface area contributed by atoms with E-state index < -0.39 is 83.6 Å². The van der Waals surface area contributed by atoms with E-state index >= 15 is 0 Å². The van der Waals surface area contributed by atoms with E-state index in [0.29, 0.717) is 11.1 Å². The summed E-state index contributed by atoms with van der Waals surface area (Å²) in [5.74, 6) is 0.264. The number of fused-ring (bicyclic) bond motifs is 3. The summed E-state index contributed by atoms with van der Waals surface area (Å²) >= 11 is 0. The van der Waals surface area contributed by atoms with Gasteiger partial charge in [-0.2, -0.15) is 9.97 Å². The average Bonchev–Trinajstić information content (AvgIpc) is 3.49. The van der Waals surface area contributed by atoms with Crippen molar-refractivity contribution < 1.29 is 16.4 Å². The average molecular weight is 487 g/mol. The molecule has 0 N–H and O–H groups in total. The van der Waals surface area contributed by atoms with Gasteiger partial charge in [-0.25, -0.2) is 4.98 Å². The smallest absolute Gasteiger partial charge is 0.238 e. The molecule has 0 bridgehead atoms. The van der Waals surface area contributed by atoms with Crippen molar-refractivity contribution in [3.05, 3.63) is 133 Å². The molecule has 2 heterocycles. The van der Waals surface area contributed by atoms with Crippen LogP contribution < -0.4 is 0 Å². The van der Waals surface area contributed by atoms with E-state index in [2.05, 4.69) is 15.0 Å². The Morgan fingerprint density at radius 1 is 0.486 bits per heavy atom. The van der Waals surface area contributed by atoms with Gasteiger partial charge in [0.2, 0.25) is 5.95 Å². The van der Waals surface area contributed by atoms with Crippen LogP contribution in [0.3, 0.4) is 0 Å². The van der Waals surface area contributed by atoms with Crippen molar-refractivity contribution in [2.75, 3.05) is 0 Å². The van der Waals surface area contributed by atoms with Crippen LogP contribution in [0.2, 0.25) is 0 Å². The third kappa shape index (κ3) is 3.76. The maximum absolute atomic E-state index is 9.35. The maximum Gasteiger partial charge on any atom is 0.238 e. The molecule has 0 aliphatic heterocycles. The first-order valence-electron chi connectivity index (χ1n) is 17.3. The van der Waals surface area contributed by atoms with Crippen LogP contribution >= 0.6 is 0 Å². The summed E-state index contributed by atoms with van der Waals surface area (Å²) in [6, 6.07) is 10.4. The van der Waals surface area contributed by atoms with Crippen molar-refractivity contribution in [1.29, 1.82) is 0 Å². The number of hydrogen-bond donors (Lipinski definition) is 0. The molecule has 0 aliphatic carbocycles. The van der Waals surface area contributed by atoms with Gasteiger partial charge >= 0.3 is 0 Å². The molecule has 174 valence electrons. The standard InChI is InChI=1S/C33H22N4/c1-4-12-23(13-5-1)26-20-21-30-28(22-26)27-18-10-11-19-29(27)37(30)33-35-31(24-14-6-2-7-15-24)34-32(36-33)25-16-8-3-9-17-25/h1-22H/i1D,4D,5D,10D,11D,12D,13D,18D,19D,20D,21D,22D. The largest absolute Gasteiger partial charge is 0.278 e. The quantitative estimate of drug-likeness (QED) is 0.253. The van der Waals surface area contributed by atoms with Crippen molar-refractivity contribution in [2.24, 2.45) is 0 Å². The summed E-state index contributed by atoms with van der Waals surface area (Å²) in [6.07, 6.45) is 0. The van der Waals surface area contributed by atoms with Gasteiger partial charge in [-0.1, -0.05) is 115 Å². The Labute approximate surface area is 231 Å². The van der Waals surface area contributed by atoms with Gasteiger partial charge in [0.25, 0.3) is 0 Å². The molecule has 4 nitrogen and oxygen atoms in total. The van der Waals surface area contributed by atoms with Gasteiger partial charge < -0.3 is 0 Å². The molecule has 0 unspecified atom stereocenters. The zero-order chi connectivity index (χ0) is 35.0. The van der Waals surface area contributed by atoms with Crippen LogP contribution in [-0.2, 0) is 0 Å². The predicted octanol–water partition coefficient (Wildman–Crippen LogP) is 7.97. The summed E-state index contributed by atoms with van der Waals surface area (Å²) < 4.78 is 105. The molecule has 0 aliphatic rings. The highest BCUT2D eigenvalue weighted by Crippen LogP contribution is 2.34. The molecule has 0 atom stereocenters. The summed E-state index contributed by atoms with van der Waals surface area (Å²) in [7, 11) is 0. The number of aromatic nitrogens is 4. The number of para-hydroxylation sites is 1. The lowest BCUT2D eigenvalue weighted by atomic mass is 10.0. The van der Waals surface area contributed by atoms with Crippen molar-refractivity contribution in [2.45, 2.75) is 0 Å². The van der Waals surface area contributed by atoms with Crippen molar-refractivity contribution >= 4 is 21.8 Å². The van der Waals surface area contributed by atoms with Crippen LogP contribution in [0.5, 0.6) is 0 Å². The molecule has 0 radical (unpaired) electrons. The fourth-order valence-electron chi connectivity index (χ4n) is 4.11. The fourth-order valence-corrected chi connectivity index (χ4v) is 4.11. The third-order valence-corrected chi connectivity index (χ3v) is 5.80. The zero-order valence-corrected chi connectivity index (χ0v) is 19.1. The van der Waals surface area contributed by atoms with Crippen molar-refractivity contribution in [3.63, 3.8) is 0 Å². The molecule has 7 aromatic rings. The van der Waals surface area contributed by atoms with Crippen LogP contribution in [0.25, 0.3) is 61.7 Å². The lowest BCUT2D eigenvalue weighted by Crippen LogP contribution is -2.06. The SMILES string of the molecule is [2H]c1c([2H])c([2H])c(-c2c([2H])c([2H])c3c(c2[2H])c2c([2H])c([2H])c([2H])c([2H])c2n3-c2nc(-c3ccccc3)nc(-c3ccccc3)n2)c([2H])c1[2H]. The Morgan fingerprint density at radius 2 is 1.08 bits per heavy atom. The highest BCUT2D eigenvalue weighted by Gasteiger charge is 2.18. The minimum absolute atomic E-state index is 0.152. The molecule has 0 amide bonds. The van der Waals surface area contributed by atoms with Gasteiger partial charge in [0.1, 0.15) is 0 Å². The van der Waals surface area contributed by atoms with E-state index in [1.54, 1.807) is 48.5 Å². The van der Waals surface area contributed by atoms with E-state index in [-0.39, 0.29) is 39.4 Å². The van der Waals surface area contributed by atoms with E-state index in [0.717, 1.165) is 0 Å². The van der Waals surface area contributed by atoms with Gasteiger partial charge in [0.05, 0.1) is 27.5 Å². The molecular weight excluding hydrogens is 452 g/mol. The number of nitrogens with zero attached hydrogens (tertiary/aromatic N) is 4. The van der Waals surface area contributed by atoms with E-state index in [1.807, 2.05) is 12.1 Å². The van der Waals surface area contributed by atoms with Gasteiger partial charge in [0, 0.05) is 21.9 Å². The second kappa shape index (κ2) is 8.85. The monoisotopic (exact) mass is 486 g/mol. The topological polar surface area (TPSA) is 43.6 Å². The van der Waals surface area contributed by atoms with Gasteiger partial charge in [0.15, 0.2) is 11.6 Å². The van der Waals surface area contributed by atoms with Crippen LogP contribution in [0, 0.1) is 0 Å². The first-order valence-corrected chi connectivity index (χ1v) is 11.3. The molecule has 0 saturated heterocycles. The zero-order valence-electron chi connectivity index (χ0n) is 31.1. The molecule has 2 aromatic heterocycles. The van der Waals surface area contributed by atoms with Crippen LogP contribution in [0.15, 0.2) is 133 Å². The third-order valence-electron chi connectivity index (χ3n) is 5.80. The van der Waals surface area contributed by atoms with Crippen LogP contribution in [-0.4, -0.2) is 19.5 Å². The normalized spacial score (nSPS) is 15.8. The van der Waals surface area contributed by atoms with E-state index in [1.165, 1.54) is 4.57 Å². The second-order valence-electron chi connectivity index (χ2n) is 8.05. The number of rotatable bonds is 4. The maximum atomic E-state index is 9.35. The minimum Gasteiger partial charge on any atom is -0.278 e. The van der Waals surface area contributed by atoms with Crippen LogP contribution in [0.4, 0.5) is 0 Å². The number of benzene rings is 5. The lowest BCUT2D eigenvalue weighted by Gasteiger charge is -2.11. The molecular formula is C33H22N4. The van der Waals surface area contributed by atoms with Crippen LogP contribution in [0.1, 0.15) is 16.4 Å². The Bertz CT molecular complexity index is 2430. The Morgan fingerprint density at radius 3 is 1.76 bits per heavy atom. The summed E-state index contributed by atoms with van der Waals surface area (Å²) in [5, 5.41) is -0.385. The molecule has 0 spiro atoms. The minimum atomic E-state index is -0.696. The lowest BCUT2D eigenvalue weighted by molar-refractivity contribution is 0.953. The summed E-state index contributed by atoms with van der Waals surface area (Å²) in [4.78, 5) is 14.0. The highest BCUT2D eigenvalue weighted by atomic mass is 15.2. The van der Waals surface area contributed by atoms with E-state index in [9.17, 15) is 2.74 Å². The highest BCUT2D eigenvalue weighted by molar-refractivity contribution is 6.10. The predicted molar refractivity (Wildman–Crippen MR) is 150 cm³/mol. The Hall–Kier alpha value is -5.09. The Balaban J connectivity index is 1.71. The molecule has 4 heteroatoms. The van der Waals surface area contributed by atoms with Gasteiger partial charge in [-0.05, 0) is 29.3 Å². The molecule has 0 fully saturated rings. The molecule has 0 saturated carbocycles. The molecule has 5 aromatic carbocycles. The summed E-state index contributed by atoms with van der Waals surface area (Å²) in [5.41, 5.74) is -0.101. The first-order chi connectivity index (χ1) is 23.3. The van der Waals surface area contributed by atoms with Gasteiger partial charge in [-0.15, -0.1) is 0 Å². The van der Waals surface area contributed by atoms with Crippen molar-refractivity contribution in [3.8, 4) is 39.9 Å². The summed E-state index contributed by atoms with van der Waals surface area (Å²) in [6.45, 7) is 0.